The molecule has 1 heterocycles. The Bertz CT molecular complexity index is 728. The molecule has 0 unspecified atom stereocenters. The summed E-state index contributed by atoms with van der Waals surface area (Å²) in [6, 6.07) is 14.4. The van der Waals surface area contributed by atoms with Gasteiger partial charge in [0.2, 0.25) is 0 Å². The van der Waals surface area contributed by atoms with E-state index in [-0.39, 0.29) is 5.69 Å². The molecule has 124 valence electrons. The monoisotopic (exact) mass is 326 g/mol. The Labute approximate surface area is 139 Å². The molecule has 1 aliphatic heterocycles. The second-order valence-electron chi connectivity index (χ2n) is 5.34. The zero-order chi connectivity index (χ0) is 16.8. The maximum Gasteiger partial charge on any atom is 0.270 e. The third-order valence-electron chi connectivity index (χ3n) is 3.74. The lowest BCUT2D eigenvalue weighted by Crippen LogP contribution is -2.36. The minimum Gasteiger partial charge on any atom is -0.378 e. The zero-order valence-corrected chi connectivity index (χ0v) is 13.1. The fourth-order valence-electron chi connectivity index (χ4n) is 2.54. The van der Waals surface area contributed by atoms with E-state index >= 15 is 0 Å². The van der Waals surface area contributed by atoms with E-state index in [9.17, 15) is 10.1 Å². The maximum atomic E-state index is 11.0. The van der Waals surface area contributed by atoms with Crippen molar-refractivity contribution in [2.45, 2.75) is 0 Å². The Hall–Kier alpha value is -2.93. The summed E-state index contributed by atoms with van der Waals surface area (Å²) >= 11 is 0. The van der Waals surface area contributed by atoms with Gasteiger partial charge in [-0.2, -0.15) is 5.10 Å². The van der Waals surface area contributed by atoms with E-state index < -0.39 is 4.92 Å². The molecule has 7 nitrogen and oxygen atoms in total. The first-order valence-electron chi connectivity index (χ1n) is 7.69. The standard InChI is InChI=1S/C17H18N4O3/c22-21(23)16-6-7-17(20-8-10-24-11-9-20)14(12-16)13-18-19-15-4-2-1-3-5-15/h1-7,12-13,19H,8-11H2/b18-13-. The molecule has 0 aliphatic carbocycles. The summed E-state index contributed by atoms with van der Waals surface area (Å²) in [5.41, 5.74) is 5.45. The number of nitrogens with one attached hydrogen (secondary N) is 1. The van der Waals surface area contributed by atoms with Crippen LogP contribution in [0, 0.1) is 10.1 Å². The number of hydrogen-bond acceptors (Lipinski definition) is 6. The Kier molecular flexibility index (Phi) is 5.02. The van der Waals surface area contributed by atoms with Gasteiger partial charge < -0.3 is 9.64 Å². The van der Waals surface area contributed by atoms with E-state index in [4.69, 9.17) is 4.74 Å². The van der Waals surface area contributed by atoms with Crippen LogP contribution in [0.1, 0.15) is 5.56 Å². The highest BCUT2D eigenvalue weighted by Gasteiger charge is 2.17. The van der Waals surface area contributed by atoms with Crippen LogP contribution in [0.5, 0.6) is 0 Å². The van der Waals surface area contributed by atoms with E-state index in [1.54, 1.807) is 18.3 Å². The second-order valence-corrected chi connectivity index (χ2v) is 5.34. The average molecular weight is 326 g/mol. The van der Waals surface area contributed by atoms with Gasteiger partial charge in [-0.25, -0.2) is 0 Å². The van der Waals surface area contributed by atoms with Crippen LogP contribution in [0.3, 0.4) is 0 Å². The second kappa shape index (κ2) is 7.56. The van der Waals surface area contributed by atoms with Crippen molar-refractivity contribution in [2.24, 2.45) is 5.10 Å². The van der Waals surface area contributed by atoms with Crippen molar-refractivity contribution in [3.8, 4) is 0 Å². The largest absolute Gasteiger partial charge is 0.378 e. The number of nitrogens with zero attached hydrogens (tertiary/aromatic N) is 3. The molecule has 0 bridgehead atoms. The van der Waals surface area contributed by atoms with Gasteiger partial charge in [0.15, 0.2) is 0 Å². The molecule has 1 saturated heterocycles. The number of para-hydroxylation sites is 1. The van der Waals surface area contributed by atoms with Crippen LogP contribution < -0.4 is 10.3 Å². The number of non-ortho nitro benzene ring substituents is 1. The van der Waals surface area contributed by atoms with Crippen molar-refractivity contribution >= 4 is 23.3 Å². The predicted octanol–water partition coefficient (Wildman–Crippen LogP) is 2.88. The third-order valence-corrected chi connectivity index (χ3v) is 3.74. The first-order chi connectivity index (χ1) is 11.7. The predicted molar refractivity (Wildman–Crippen MR) is 93.8 cm³/mol. The van der Waals surface area contributed by atoms with Gasteiger partial charge >= 0.3 is 0 Å². The number of hydrogen-bond donors (Lipinski definition) is 1. The van der Waals surface area contributed by atoms with Crippen molar-refractivity contribution in [1.82, 2.24) is 0 Å². The van der Waals surface area contributed by atoms with E-state index in [0.29, 0.717) is 18.8 Å². The Morgan fingerprint density at radius 1 is 1.17 bits per heavy atom. The number of anilines is 2. The Morgan fingerprint density at radius 3 is 2.62 bits per heavy atom. The molecule has 0 radical (unpaired) electrons. The fraction of sp³-hybridized carbons (Fsp3) is 0.235. The van der Waals surface area contributed by atoms with E-state index in [1.807, 2.05) is 30.3 Å². The summed E-state index contributed by atoms with van der Waals surface area (Å²) in [6.07, 6.45) is 1.62. The maximum absolute atomic E-state index is 11.0. The molecule has 0 aromatic heterocycles. The molecular weight excluding hydrogens is 308 g/mol. The molecule has 7 heteroatoms. The fourth-order valence-corrected chi connectivity index (χ4v) is 2.54. The number of hydrazone groups is 1. The molecule has 2 aromatic rings. The van der Waals surface area contributed by atoms with Gasteiger partial charge in [-0.05, 0) is 18.2 Å². The van der Waals surface area contributed by atoms with Crippen LogP contribution in [0.4, 0.5) is 17.1 Å². The number of nitro benzene ring substituents is 1. The normalized spacial score (nSPS) is 14.8. The van der Waals surface area contributed by atoms with Gasteiger partial charge in [0.25, 0.3) is 5.69 Å². The summed E-state index contributed by atoms with van der Waals surface area (Å²) in [7, 11) is 0. The summed E-state index contributed by atoms with van der Waals surface area (Å²) in [6.45, 7) is 2.81. The van der Waals surface area contributed by atoms with Gasteiger partial charge in [-0.15, -0.1) is 0 Å². The van der Waals surface area contributed by atoms with Crippen LogP contribution in [0.2, 0.25) is 0 Å². The lowest BCUT2D eigenvalue weighted by atomic mass is 10.1. The van der Waals surface area contributed by atoms with Crippen molar-refractivity contribution in [3.05, 3.63) is 64.2 Å². The summed E-state index contributed by atoms with van der Waals surface area (Å²) in [5, 5.41) is 15.3. The molecule has 1 aliphatic rings. The number of rotatable bonds is 5. The highest BCUT2D eigenvalue weighted by atomic mass is 16.6. The molecule has 1 fully saturated rings. The third kappa shape index (κ3) is 3.88. The molecule has 24 heavy (non-hydrogen) atoms. The number of benzene rings is 2. The van der Waals surface area contributed by atoms with Crippen LogP contribution >= 0.6 is 0 Å². The highest BCUT2D eigenvalue weighted by molar-refractivity contribution is 5.89. The van der Waals surface area contributed by atoms with Gasteiger partial charge in [-0.3, -0.25) is 15.5 Å². The van der Waals surface area contributed by atoms with Gasteiger partial charge in [-0.1, -0.05) is 18.2 Å². The van der Waals surface area contributed by atoms with Gasteiger partial charge in [0, 0.05) is 36.5 Å². The summed E-state index contributed by atoms with van der Waals surface area (Å²) in [5.74, 6) is 0. The molecule has 0 atom stereocenters. The van der Waals surface area contributed by atoms with Crippen molar-refractivity contribution < 1.29 is 9.66 Å². The molecule has 0 spiro atoms. The van der Waals surface area contributed by atoms with Crippen molar-refractivity contribution in [3.63, 3.8) is 0 Å². The Balaban J connectivity index is 1.84. The van der Waals surface area contributed by atoms with Crippen LogP contribution in [0.15, 0.2) is 53.6 Å². The summed E-state index contributed by atoms with van der Waals surface area (Å²) < 4.78 is 5.37. The van der Waals surface area contributed by atoms with E-state index in [1.165, 1.54) is 6.07 Å². The van der Waals surface area contributed by atoms with E-state index in [2.05, 4.69) is 15.4 Å². The smallest absolute Gasteiger partial charge is 0.270 e. The minimum absolute atomic E-state index is 0.0492. The van der Waals surface area contributed by atoms with Crippen molar-refractivity contribution in [1.29, 1.82) is 0 Å². The number of ether oxygens (including phenoxy) is 1. The molecular formula is C17H18N4O3. The van der Waals surface area contributed by atoms with E-state index in [0.717, 1.165) is 24.5 Å². The molecule has 1 N–H and O–H groups in total. The Morgan fingerprint density at radius 2 is 1.92 bits per heavy atom. The van der Waals surface area contributed by atoms with Crippen LogP contribution in [-0.4, -0.2) is 37.4 Å². The lowest BCUT2D eigenvalue weighted by molar-refractivity contribution is -0.384. The number of nitro groups is 1. The first kappa shape index (κ1) is 15.9. The zero-order valence-electron chi connectivity index (χ0n) is 13.1. The van der Waals surface area contributed by atoms with Gasteiger partial charge in [0.05, 0.1) is 30.0 Å². The SMILES string of the molecule is O=[N+]([O-])c1ccc(N2CCOCC2)c(/C=N\Nc2ccccc2)c1. The van der Waals surface area contributed by atoms with Crippen LogP contribution in [-0.2, 0) is 4.74 Å². The highest BCUT2D eigenvalue weighted by Crippen LogP contribution is 2.25. The molecule has 0 amide bonds. The molecule has 2 aromatic carbocycles. The summed E-state index contributed by atoms with van der Waals surface area (Å²) in [4.78, 5) is 12.8. The van der Waals surface area contributed by atoms with Crippen LogP contribution in [0.25, 0.3) is 0 Å². The minimum atomic E-state index is -0.398. The lowest BCUT2D eigenvalue weighted by Gasteiger charge is -2.29. The van der Waals surface area contributed by atoms with Gasteiger partial charge in [0.1, 0.15) is 0 Å². The first-order valence-corrected chi connectivity index (χ1v) is 7.69. The molecule has 3 rings (SSSR count). The quantitative estimate of drug-likeness (QED) is 0.519. The average Bonchev–Trinajstić information content (AvgIpc) is 2.63. The molecule has 0 saturated carbocycles. The topological polar surface area (TPSA) is 80.0 Å². The van der Waals surface area contributed by atoms with Crippen molar-refractivity contribution in [2.75, 3.05) is 36.6 Å². The number of morpholine rings is 1.